The second-order valence-corrected chi connectivity index (χ2v) is 7.19. The van der Waals surface area contributed by atoms with Crippen molar-refractivity contribution in [2.45, 2.75) is 11.4 Å². The largest absolute Gasteiger partial charge is 0.296 e. The molecule has 0 saturated carbocycles. The number of pyridine rings is 1. The first-order valence-corrected chi connectivity index (χ1v) is 8.66. The standard InChI is InChI=1S/C16H18BrN3S/c17-15-1-3-16(4-2-15)21-20-11-9-19(10-12-20)13-14-5-7-18-8-6-14/h1-8H,9-13H2. The molecule has 1 saturated heterocycles. The lowest BCUT2D eigenvalue weighted by Gasteiger charge is -2.33. The summed E-state index contributed by atoms with van der Waals surface area (Å²) in [7, 11) is 0. The molecule has 2 aromatic rings. The minimum Gasteiger partial charge on any atom is -0.296 e. The Morgan fingerprint density at radius 2 is 1.62 bits per heavy atom. The molecule has 110 valence electrons. The molecular weight excluding hydrogens is 346 g/mol. The molecule has 3 rings (SSSR count). The van der Waals surface area contributed by atoms with Crippen LogP contribution in [0.25, 0.3) is 0 Å². The molecule has 0 spiro atoms. The zero-order chi connectivity index (χ0) is 14.5. The number of nitrogens with zero attached hydrogens (tertiary/aromatic N) is 3. The molecule has 0 aliphatic carbocycles. The van der Waals surface area contributed by atoms with Gasteiger partial charge in [0, 0.05) is 54.5 Å². The Balaban J connectivity index is 1.47. The minimum atomic E-state index is 1.03. The number of piperazine rings is 1. The highest BCUT2D eigenvalue weighted by Crippen LogP contribution is 2.25. The number of aromatic nitrogens is 1. The summed E-state index contributed by atoms with van der Waals surface area (Å²) in [4.78, 5) is 7.88. The monoisotopic (exact) mass is 363 g/mol. The van der Waals surface area contributed by atoms with Crippen LogP contribution in [0.2, 0.25) is 0 Å². The van der Waals surface area contributed by atoms with Gasteiger partial charge in [-0.25, -0.2) is 4.31 Å². The Morgan fingerprint density at radius 1 is 0.952 bits per heavy atom. The van der Waals surface area contributed by atoms with Gasteiger partial charge in [-0.2, -0.15) is 0 Å². The van der Waals surface area contributed by atoms with Crippen LogP contribution in [-0.4, -0.2) is 40.4 Å². The molecule has 1 aliphatic heterocycles. The van der Waals surface area contributed by atoms with Crippen LogP contribution in [0.3, 0.4) is 0 Å². The van der Waals surface area contributed by atoms with Crippen LogP contribution < -0.4 is 0 Å². The maximum Gasteiger partial charge on any atom is 0.0271 e. The summed E-state index contributed by atoms with van der Waals surface area (Å²) >= 11 is 5.33. The Kier molecular flexibility index (Phi) is 5.30. The molecule has 0 radical (unpaired) electrons. The Bertz CT molecular complexity index is 553. The molecule has 0 bridgehead atoms. The molecule has 5 heteroatoms. The third-order valence-corrected chi connectivity index (χ3v) is 5.17. The van der Waals surface area contributed by atoms with E-state index in [0.717, 1.165) is 37.2 Å². The first-order valence-electron chi connectivity index (χ1n) is 7.09. The first kappa shape index (κ1) is 15.0. The second kappa shape index (κ2) is 7.40. The summed E-state index contributed by atoms with van der Waals surface area (Å²) in [5, 5.41) is 0. The number of hydrogen-bond acceptors (Lipinski definition) is 4. The average molecular weight is 364 g/mol. The van der Waals surface area contributed by atoms with Crippen LogP contribution in [0, 0.1) is 0 Å². The summed E-state index contributed by atoms with van der Waals surface area (Å²) in [5.41, 5.74) is 1.35. The van der Waals surface area contributed by atoms with Gasteiger partial charge in [-0.15, -0.1) is 0 Å². The third kappa shape index (κ3) is 4.54. The molecule has 0 amide bonds. The number of benzene rings is 1. The molecule has 1 aliphatic rings. The lowest BCUT2D eigenvalue weighted by molar-refractivity contribution is 0.189. The number of hydrogen-bond donors (Lipinski definition) is 0. The number of halogens is 1. The zero-order valence-electron chi connectivity index (χ0n) is 11.8. The van der Waals surface area contributed by atoms with E-state index in [1.165, 1.54) is 10.5 Å². The van der Waals surface area contributed by atoms with Crippen molar-refractivity contribution in [3.8, 4) is 0 Å². The summed E-state index contributed by atoms with van der Waals surface area (Å²) in [6, 6.07) is 12.7. The predicted octanol–water partition coefficient (Wildman–Crippen LogP) is 3.67. The van der Waals surface area contributed by atoms with Gasteiger partial charge in [0.2, 0.25) is 0 Å². The van der Waals surface area contributed by atoms with Gasteiger partial charge < -0.3 is 0 Å². The maximum absolute atomic E-state index is 4.07. The molecule has 0 N–H and O–H groups in total. The maximum atomic E-state index is 4.07. The van der Waals surface area contributed by atoms with Crippen LogP contribution >= 0.6 is 27.9 Å². The van der Waals surface area contributed by atoms with Crippen molar-refractivity contribution in [1.82, 2.24) is 14.2 Å². The molecule has 1 aromatic carbocycles. The van der Waals surface area contributed by atoms with Crippen LogP contribution in [0.15, 0.2) is 58.2 Å². The fourth-order valence-corrected chi connectivity index (χ4v) is 3.54. The third-order valence-electron chi connectivity index (χ3n) is 3.53. The molecule has 0 unspecified atom stereocenters. The van der Waals surface area contributed by atoms with Crippen molar-refractivity contribution in [3.05, 3.63) is 58.8 Å². The SMILES string of the molecule is Brc1ccc(SN2CCN(Cc3ccncc3)CC2)cc1. The van der Waals surface area contributed by atoms with Crippen LogP contribution in [0.5, 0.6) is 0 Å². The van der Waals surface area contributed by atoms with Crippen LogP contribution in [0.4, 0.5) is 0 Å². The van der Waals surface area contributed by atoms with E-state index in [9.17, 15) is 0 Å². The van der Waals surface area contributed by atoms with Gasteiger partial charge in [0.1, 0.15) is 0 Å². The smallest absolute Gasteiger partial charge is 0.0271 e. The summed E-state index contributed by atoms with van der Waals surface area (Å²) in [6.07, 6.45) is 3.74. The molecule has 1 fully saturated rings. The quantitative estimate of drug-likeness (QED) is 0.771. The van der Waals surface area contributed by atoms with E-state index in [2.05, 4.69) is 66.5 Å². The van der Waals surface area contributed by atoms with Crippen molar-refractivity contribution in [2.75, 3.05) is 26.2 Å². The van der Waals surface area contributed by atoms with Crippen molar-refractivity contribution in [3.63, 3.8) is 0 Å². The molecule has 3 nitrogen and oxygen atoms in total. The molecule has 21 heavy (non-hydrogen) atoms. The van der Waals surface area contributed by atoms with Gasteiger partial charge in [-0.05, 0) is 53.9 Å². The lowest BCUT2D eigenvalue weighted by Crippen LogP contribution is -2.42. The van der Waals surface area contributed by atoms with E-state index in [1.54, 1.807) is 0 Å². The van der Waals surface area contributed by atoms with Gasteiger partial charge in [0.05, 0.1) is 0 Å². The molecule has 1 aromatic heterocycles. The first-order chi connectivity index (χ1) is 10.3. The number of rotatable bonds is 4. The van der Waals surface area contributed by atoms with E-state index < -0.39 is 0 Å². The Labute approximate surface area is 138 Å². The van der Waals surface area contributed by atoms with Gasteiger partial charge in [-0.3, -0.25) is 9.88 Å². The van der Waals surface area contributed by atoms with Crippen LogP contribution in [-0.2, 0) is 6.54 Å². The highest BCUT2D eigenvalue weighted by molar-refractivity contribution is 9.10. The predicted molar refractivity (Wildman–Crippen MR) is 91.1 cm³/mol. The normalized spacial score (nSPS) is 17.0. The molecule has 0 atom stereocenters. The van der Waals surface area contributed by atoms with Crippen molar-refractivity contribution in [2.24, 2.45) is 0 Å². The van der Waals surface area contributed by atoms with Gasteiger partial charge in [0.15, 0.2) is 0 Å². The zero-order valence-corrected chi connectivity index (χ0v) is 14.2. The van der Waals surface area contributed by atoms with E-state index in [4.69, 9.17) is 0 Å². The van der Waals surface area contributed by atoms with Crippen molar-refractivity contribution >= 4 is 27.9 Å². The average Bonchev–Trinajstić information content (AvgIpc) is 2.53. The summed E-state index contributed by atoms with van der Waals surface area (Å²) < 4.78 is 3.58. The lowest BCUT2D eigenvalue weighted by atomic mass is 10.2. The summed E-state index contributed by atoms with van der Waals surface area (Å²) in [6.45, 7) is 5.47. The fraction of sp³-hybridized carbons (Fsp3) is 0.312. The Hall–Kier alpha value is -0.880. The van der Waals surface area contributed by atoms with Gasteiger partial charge >= 0.3 is 0 Å². The van der Waals surface area contributed by atoms with Crippen molar-refractivity contribution in [1.29, 1.82) is 0 Å². The second-order valence-electron chi connectivity index (χ2n) is 5.11. The van der Waals surface area contributed by atoms with E-state index in [0.29, 0.717) is 0 Å². The van der Waals surface area contributed by atoms with Crippen LogP contribution in [0.1, 0.15) is 5.56 Å². The van der Waals surface area contributed by atoms with Gasteiger partial charge in [-0.1, -0.05) is 15.9 Å². The highest BCUT2D eigenvalue weighted by Gasteiger charge is 2.17. The van der Waals surface area contributed by atoms with E-state index in [1.807, 2.05) is 24.3 Å². The molecule has 2 heterocycles. The van der Waals surface area contributed by atoms with Gasteiger partial charge in [0.25, 0.3) is 0 Å². The fourth-order valence-electron chi connectivity index (χ4n) is 2.37. The minimum absolute atomic E-state index is 1.03. The van der Waals surface area contributed by atoms with E-state index >= 15 is 0 Å². The Morgan fingerprint density at radius 3 is 2.29 bits per heavy atom. The summed E-state index contributed by atoms with van der Waals surface area (Å²) in [5.74, 6) is 0. The van der Waals surface area contributed by atoms with E-state index in [-0.39, 0.29) is 0 Å². The highest BCUT2D eigenvalue weighted by atomic mass is 79.9. The molecular formula is C16H18BrN3S. The topological polar surface area (TPSA) is 19.4 Å². The van der Waals surface area contributed by atoms with Crippen molar-refractivity contribution < 1.29 is 0 Å².